The third kappa shape index (κ3) is 3.49. The van der Waals surface area contributed by atoms with Gasteiger partial charge in [-0.2, -0.15) is 13.2 Å². The highest BCUT2D eigenvalue weighted by molar-refractivity contribution is 7.08. The summed E-state index contributed by atoms with van der Waals surface area (Å²) < 4.78 is 41.5. The maximum Gasteiger partial charge on any atom is 0.417 e. The van der Waals surface area contributed by atoms with E-state index >= 15 is 0 Å². The molecule has 1 saturated heterocycles. The average Bonchev–Trinajstić information content (AvgIpc) is 3.17. The molecule has 24 heavy (non-hydrogen) atoms. The first-order valence-corrected chi connectivity index (χ1v) is 7.80. The van der Waals surface area contributed by atoms with Crippen LogP contribution in [0.5, 0.6) is 0 Å². The van der Waals surface area contributed by atoms with Crippen molar-refractivity contribution in [2.24, 2.45) is 0 Å². The lowest BCUT2D eigenvalue weighted by Gasteiger charge is -2.18. The molecule has 1 amide bonds. The first-order chi connectivity index (χ1) is 11.3. The molecule has 0 aromatic carbocycles. The lowest BCUT2D eigenvalue weighted by molar-refractivity contribution is -0.137. The second-order valence-corrected chi connectivity index (χ2v) is 6.17. The van der Waals surface area contributed by atoms with Crippen LogP contribution in [0.1, 0.15) is 15.2 Å². The zero-order valence-corrected chi connectivity index (χ0v) is 13.0. The molecule has 0 unspecified atom stereocenters. The Hall–Kier alpha value is -2.20. The Morgan fingerprint density at radius 3 is 2.71 bits per heavy atom. The van der Waals surface area contributed by atoms with E-state index in [0.717, 1.165) is 23.8 Å². The van der Waals surface area contributed by atoms with Gasteiger partial charge in [-0.15, -0.1) is 0 Å². The molecule has 1 aliphatic heterocycles. The van der Waals surface area contributed by atoms with Gasteiger partial charge in [0.25, 0.3) is 5.91 Å². The molecule has 2 aromatic heterocycles. The normalized spacial score (nSPS) is 21.1. The number of aromatic nitrogens is 2. The van der Waals surface area contributed by atoms with Crippen LogP contribution in [-0.2, 0) is 6.18 Å². The summed E-state index contributed by atoms with van der Waals surface area (Å²) in [7, 11) is 0. The quantitative estimate of drug-likeness (QED) is 0.870. The topological polar surface area (TPSA) is 78.4 Å². The van der Waals surface area contributed by atoms with E-state index in [1.54, 1.807) is 11.0 Å². The SMILES string of the molecule is O=C(N[C@@H]1CN(c2ccc(C(F)(F)F)cn2)C[C@H]1O)c1ccns1. The number of β-amino-alcohol motifs (C(OH)–C–C–N with tert-alkyl or cyclic N) is 1. The Morgan fingerprint density at radius 2 is 2.12 bits per heavy atom. The van der Waals surface area contributed by atoms with Gasteiger partial charge in [0.1, 0.15) is 10.7 Å². The van der Waals surface area contributed by atoms with Crippen LogP contribution < -0.4 is 10.2 Å². The van der Waals surface area contributed by atoms with Gasteiger partial charge in [-0.1, -0.05) is 0 Å². The van der Waals surface area contributed by atoms with E-state index in [9.17, 15) is 23.1 Å². The van der Waals surface area contributed by atoms with Crippen LogP contribution in [-0.4, -0.2) is 45.6 Å². The fourth-order valence-corrected chi connectivity index (χ4v) is 2.93. The van der Waals surface area contributed by atoms with Crippen LogP contribution in [0.4, 0.5) is 19.0 Å². The fraction of sp³-hybridized carbons (Fsp3) is 0.357. The molecule has 0 spiro atoms. The average molecular weight is 358 g/mol. The fourth-order valence-electron chi connectivity index (χ4n) is 2.43. The number of pyridine rings is 1. The summed E-state index contributed by atoms with van der Waals surface area (Å²) in [4.78, 5) is 17.8. The predicted molar refractivity (Wildman–Crippen MR) is 80.8 cm³/mol. The van der Waals surface area contributed by atoms with Gasteiger partial charge in [0.2, 0.25) is 0 Å². The predicted octanol–water partition coefficient (Wildman–Crippen LogP) is 1.54. The minimum absolute atomic E-state index is 0.173. The van der Waals surface area contributed by atoms with Crippen molar-refractivity contribution in [1.82, 2.24) is 14.7 Å². The Labute approximate surface area is 139 Å². The smallest absolute Gasteiger partial charge is 0.389 e. The van der Waals surface area contributed by atoms with Crippen molar-refractivity contribution in [3.63, 3.8) is 0 Å². The van der Waals surface area contributed by atoms with Crippen molar-refractivity contribution < 1.29 is 23.1 Å². The van der Waals surface area contributed by atoms with E-state index < -0.39 is 23.9 Å². The molecule has 128 valence electrons. The number of carbonyl (C=O) groups excluding carboxylic acids is 1. The van der Waals surface area contributed by atoms with Crippen molar-refractivity contribution >= 4 is 23.3 Å². The Bertz CT molecular complexity index is 706. The molecule has 6 nitrogen and oxygen atoms in total. The lowest BCUT2D eigenvalue weighted by atomic mass is 10.2. The van der Waals surface area contributed by atoms with Crippen molar-refractivity contribution in [1.29, 1.82) is 0 Å². The van der Waals surface area contributed by atoms with Crippen LogP contribution in [0, 0.1) is 0 Å². The molecule has 3 heterocycles. The minimum Gasteiger partial charge on any atom is -0.389 e. The maximum absolute atomic E-state index is 12.6. The number of hydrogen-bond donors (Lipinski definition) is 2. The van der Waals surface area contributed by atoms with Gasteiger partial charge in [-0.3, -0.25) is 4.79 Å². The van der Waals surface area contributed by atoms with Gasteiger partial charge in [0.05, 0.1) is 17.7 Å². The number of carbonyl (C=O) groups is 1. The summed E-state index contributed by atoms with van der Waals surface area (Å²) in [6.45, 7) is 0.427. The van der Waals surface area contributed by atoms with Crippen molar-refractivity contribution in [3.8, 4) is 0 Å². The third-order valence-corrected chi connectivity index (χ3v) is 4.41. The van der Waals surface area contributed by atoms with Crippen LogP contribution in [0.3, 0.4) is 0 Å². The molecule has 10 heteroatoms. The van der Waals surface area contributed by atoms with Gasteiger partial charge < -0.3 is 15.3 Å². The van der Waals surface area contributed by atoms with E-state index in [1.165, 1.54) is 12.3 Å². The van der Waals surface area contributed by atoms with E-state index in [4.69, 9.17) is 0 Å². The highest BCUT2D eigenvalue weighted by Gasteiger charge is 2.35. The molecule has 2 atom stereocenters. The van der Waals surface area contributed by atoms with Crippen molar-refractivity contribution in [2.45, 2.75) is 18.3 Å². The monoisotopic (exact) mass is 358 g/mol. The summed E-state index contributed by atoms with van der Waals surface area (Å²) in [5, 5.41) is 12.8. The summed E-state index contributed by atoms with van der Waals surface area (Å²) in [5.74, 6) is -0.0274. The zero-order valence-electron chi connectivity index (χ0n) is 12.2. The summed E-state index contributed by atoms with van der Waals surface area (Å²) in [6, 6.07) is 3.22. The standard InChI is InChI=1S/C14H13F3N4O2S/c15-14(16,17)8-1-2-12(18-5-8)21-6-9(10(22)7-21)20-13(23)11-3-4-19-24-11/h1-5,9-10,22H,6-7H2,(H,20,23)/t9-,10-/m1/s1. The Balaban J connectivity index is 1.66. The Kier molecular flexibility index (Phi) is 4.41. The van der Waals surface area contributed by atoms with Crippen LogP contribution in [0.2, 0.25) is 0 Å². The number of hydrogen-bond acceptors (Lipinski definition) is 6. The van der Waals surface area contributed by atoms with Crippen LogP contribution >= 0.6 is 11.5 Å². The molecular formula is C14H13F3N4O2S. The lowest BCUT2D eigenvalue weighted by Crippen LogP contribution is -2.42. The second kappa shape index (κ2) is 6.36. The van der Waals surface area contributed by atoms with Crippen molar-refractivity contribution in [3.05, 3.63) is 41.0 Å². The number of nitrogens with zero attached hydrogens (tertiary/aromatic N) is 3. The number of anilines is 1. The summed E-state index contributed by atoms with van der Waals surface area (Å²) in [6.07, 6.45) is -3.03. The number of halogens is 3. The number of nitrogens with one attached hydrogen (secondary N) is 1. The maximum atomic E-state index is 12.6. The number of alkyl halides is 3. The van der Waals surface area contributed by atoms with Gasteiger partial charge in [-0.05, 0) is 29.7 Å². The van der Waals surface area contributed by atoms with Crippen molar-refractivity contribution in [2.75, 3.05) is 18.0 Å². The molecule has 3 rings (SSSR count). The van der Waals surface area contributed by atoms with E-state index in [-0.39, 0.29) is 19.0 Å². The molecule has 0 radical (unpaired) electrons. The number of rotatable bonds is 3. The zero-order chi connectivity index (χ0) is 17.3. The first kappa shape index (κ1) is 16.7. The Morgan fingerprint density at radius 1 is 1.33 bits per heavy atom. The van der Waals surface area contributed by atoms with E-state index in [0.29, 0.717) is 10.7 Å². The van der Waals surface area contributed by atoms with E-state index in [2.05, 4.69) is 14.7 Å². The number of aliphatic hydroxyl groups is 1. The van der Waals surface area contributed by atoms with E-state index in [1.807, 2.05) is 0 Å². The number of aliphatic hydroxyl groups excluding tert-OH is 1. The number of amides is 1. The molecular weight excluding hydrogens is 345 g/mol. The van der Waals surface area contributed by atoms with Gasteiger partial charge in [0, 0.05) is 25.5 Å². The second-order valence-electron chi connectivity index (χ2n) is 5.33. The van der Waals surface area contributed by atoms with Crippen LogP contribution in [0.15, 0.2) is 30.6 Å². The summed E-state index contributed by atoms with van der Waals surface area (Å²) >= 11 is 1.04. The first-order valence-electron chi connectivity index (χ1n) is 7.02. The summed E-state index contributed by atoms with van der Waals surface area (Å²) in [5.41, 5.74) is -0.832. The minimum atomic E-state index is -4.44. The largest absolute Gasteiger partial charge is 0.417 e. The molecule has 1 fully saturated rings. The molecule has 0 bridgehead atoms. The molecule has 2 aromatic rings. The third-order valence-electron chi connectivity index (χ3n) is 3.67. The van der Waals surface area contributed by atoms with Crippen LogP contribution in [0.25, 0.3) is 0 Å². The molecule has 2 N–H and O–H groups in total. The molecule has 1 aliphatic rings. The highest BCUT2D eigenvalue weighted by Crippen LogP contribution is 2.30. The van der Waals surface area contributed by atoms with Gasteiger partial charge in [0.15, 0.2) is 0 Å². The molecule has 0 saturated carbocycles. The van der Waals surface area contributed by atoms with Gasteiger partial charge >= 0.3 is 6.18 Å². The highest BCUT2D eigenvalue weighted by atomic mass is 32.1. The van der Waals surface area contributed by atoms with Gasteiger partial charge in [-0.25, -0.2) is 9.36 Å². The molecule has 0 aliphatic carbocycles.